The maximum Gasteiger partial charge on any atom is 0.160 e. The van der Waals surface area contributed by atoms with Crippen molar-refractivity contribution in [3.05, 3.63) is 57.2 Å². The second-order valence-electron chi connectivity index (χ2n) is 5.01. The Morgan fingerprint density at radius 3 is 0.733 bits per heavy atom. The minimum atomic E-state index is -1.67. The molecule has 0 N–H and O–H groups in total. The third-order valence-corrected chi connectivity index (χ3v) is 4.65. The molecule has 0 spiro atoms. The molecule has 0 radical (unpaired) electrons. The van der Waals surface area contributed by atoms with Crippen molar-refractivity contribution in [3.8, 4) is 50.5 Å². The van der Waals surface area contributed by atoms with Crippen LogP contribution >= 0.6 is 90.4 Å². The Morgan fingerprint density at radius 1 is 0.367 bits per heavy atom. The summed E-state index contributed by atoms with van der Waals surface area (Å²) in [6.45, 7) is 0. The van der Waals surface area contributed by atoms with Crippen LogP contribution < -0.4 is 0 Å². The maximum absolute atomic E-state index is 15.0. The van der Waals surface area contributed by atoms with E-state index in [2.05, 4.69) is 39.4 Å². The van der Waals surface area contributed by atoms with E-state index in [4.69, 9.17) is 0 Å². The van der Waals surface area contributed by atoms with Crippen LogP contribution in [0, 0.1) is 74.3 Å². The van der Waals surface area contributed by atoms with Gasteiger partial charge in [0.15, 0.2) is 34.9 Å². The minimum absolute atomic E-state index is 0.943. The molecule has 0 saturated heterocycles. The van der Waals surface area contributed by atoms with E-state index in [1.54, 1.807) is 0 Å². The zero-order valence-corrected chi connectivity index (χ0v) is 22.4. The lowest BCUT2D eigenvalue weighted by molar-refractivity contribution is 0.520. The van der Waals surface area contributed by atoms with Crippen molar-refractivity contribution in [1.29, 1.82) is 0 Å². The highest BCUT2D eigenvalue weighted by Crippen LogP contribution is 2.38. The standard InChI is InChI=1S/C20F6I4/c21-15-9(1-5-27)17(23)13(18(24)10(15)2-6-28)14-19(25)11(3-7-29)16(22)12(4-8-30)20(14)26. The second-order valence-corrected chi connectivity index (χ2v) is 7.17. The molecule has 2 rings (SSSR count). The molecule has 0 heterocycles. The van der Waals surface area contributed by atoms with Gasteiger partial charge < -0.3 is 0 Å². The lowest BCUT2D eigenvalue weighted by atomic mass is 9.93. The molecule has 0 aromatic heterocycles. The SMILES string of the molecule is Fc1c(C#CI)c(F)c(-c2c(F)c(C#CI)c(F)c(C#CI)c2F)c(F)c1C#CI. The quantitative estimate of drug-likeness (QED) is 0.162. The number of benzene rings is 2. The summed E-state index contributed by atoms with van der Waals surface area (Å²) in [4.78, 5) is 0. The number of rotatable bonds is 1. The highest BCUT2D eigenvalue weighted by atomic mass is 127. The first kappa shape index (κ1) is 25.4. The predicted molar refractivity (Wildman–Crippen MR) is 135 cm³/mol. The van der Waals surface area contributed by atoms with Gasteiger partial charge in [-0.25, -0.2) is 26.3 Å². The summed E-state index contributed by atoms with van der Waals surface area (Å²) in [5.74, 6) is -1.19. The van der Waals surface area contributed by atoms with Crippen LogP contribution in [0.25, 0.3) is 11.1 Å². The van der Waals surface area contributed by atoms with Crippen molar-refractivity contribution in [3.63, 3.8) is 0 Å². The van der Waals surface area contributed by atoms with Crippen LogP contribution in [0.4, 0.5) is 26.3 Å². The van der Waals surface area contributed by atoms with Gasteiger partial charge in [-0.3, -0.25) is 0 Å². The van der Waals surface area contributed by atoms with Crippen molar-refractivity contribution in [1.82, 2.24) is 0 Å². The van der Waals surface area contributed by atoms with Crippen molar-refractivity contribution in [2.75, 3.05) is 0 Å². The Hall–Kier alpha value is -0.820. The van der Waals surface area contributed by atoms with E-state index in [-0.39, 0.29) is 0 Å². The first-order chi connectivity index (χ1) is 14.3. The zero-order chi connectivity index (χ0) is 22.6. The van der Waals surface area contributed by atoms with Crippen LogP contribution in [-0.4, -0.2) is 0 Å². The molecule has 0 aliphatic rings. The largest absolute Gasteiger partial charge is 0.205 e. The van der Waals surface area contributed by atoms with Gasteiger partial charge in [0, 0.05) is 90.4 Å². The fraction of sp³-hybridized carbons (Fsp3) is 0. The third kappa shape index (κ3) is 4.67. The molecule has 0 aliphatic carbocycles. The van der Waals surface area contributed by atoms with Gasteiger partial charge in [-0.05, 0) is 39.4 Å². The molecule has 0 saturated carbocycles. The molecule has 0 bridgehead atoms. The van der Waals surface area contributed by atoms with Gasteiger partial charge >= 0.3 is 0 Å². The smallest absolute Gasteiger partial charge is 0.160 e. The predicted octanol–water partition coefficient (Wildman–Crippen LogP) is 7.16. The number of hydrogen-bond donors (Lipinski definition) is 0. The third-order valence-electron chi connectivity index (χ3n) is 3.57. The lowest BCUT2D eigenvalue weighted by Gasteiger charge is -2.15. The summed E-state index contributed by atoms with van der Waals surface area (Å²) in [7, 11) is 0. The highest BCUT2D eigenvalue weighted by molar-refractivity contribution is 14.1. The molecule has 0 aliphatic heterocycles. The Labute approximate surface area is 221 Å². The first-order valence-corrected chi connectivity index (χ1v) is 11.5. The van der Waals surface area contributed by atoms with E-state index in [0.717, 1.165) is 0 Å². The van der Waals surface area contributed by atoms with E-state index >= 15 is 17.6 Å². The Kier molecular flexibility index (Phi) is 9.47. The van der Waals surface area contributed by atoms with Gasteiger partial charge in [0.05, 0.1) is 33.4 Å². The van der Waals surface area contributed by atoms with E-state index < -0.39 is 68.3 Å². The molecule has 0 atom stereocenters. The van der Waals surface area contributed by atoms with Crippen molar-refractivity contribution in [2.24, 2.45) is 0 Å². The van der Waals surface area contributed by atoms with Gasteiger partial charge in [0.1, 0.15) is 0 Å². The Balaban J connectivity index is 3.24. The van der Waals surface area contributed by atoms with Crippen LogP contribution in [0.5, 0.6) is 0 Å². The molecular formula is C20F6I4. The fourth-order valence-electron chi connectivity index (χ4n) is 2.40. The lowest BCUT2D eigenvalue weighted by Crippen LogP contribution is -2.09. The topological polar surface area (TPSA) is 0 Å². The average molecular weight is 862 g/mol. The maximum atomic E-state index is 15.0. The van der Waals surface area contributed by atoms with Crippen LogP contribution in [-0.2, 0) is 0 Å². The van der Waals surface area contributed by atoms with E-state index in [1.165, 1.54) is 90.4 Å². The van der Waals surface area contributed by atoms with Gasteiger partial charge in [-0.15, -0.1) is 0 Å². The van der Waals surface area contributed by atoms with Crippen molar-refractivity contribution >= 4 is 90.4 Å². The van der Waals surface area contributed by atoms with Crippen molar-refractivity contribution < 1.29 is 26.3 Å². The van der Waals surface area contributed by atoms with Gasteiger partial charge in [0.2, 0.25) is 0 Å². The normalized spacial score (nSPS) is 9.27. The van der Waals surface area contributed by atoms with Gasteiger partial charge in [-0.1, -0.05) is 0 Å². The zero-order valence-electron chi connectivity index (χ0n) is 13.8. The summed E-state index contributed by atoms with van der Waals surface area (Å²) < 4.78 is 98.1. The summed E-state index contributed by atoms with van der Waals surface area (Å²) in [5.41, 5.74) is -6.35. The van der Waals surface area contributed by atoms with Gasteiger partial charge in [0.25, 0.3) is 0 Å². The van der Waals surface area contributed by atoms with Crippen LogP contribution in [0.1, 0.15) is 22.3 Å². The molecule has 0 nitrogen and oxygen atoms in total. The summed E-state index contributed by atoms with van der Waals surface area (Å²) in [5, 5.41) is 0. The monoisotopic (exact) mass is 862 g/mol. The second kappa shape index (κ2) is 11.2. The van der Waals surface area contributed by atoms with Crippen molar-refractivity contribution in [2.45, 2.75) is 0 Å². The fourth-order valence-corrected chi connectivity index (χ4v) is 3.47. The molecule has 30 heavy (non-hydrogen) atoms. The molecule has 10 heteroatoms. The molecule has 150 valence electrons. The molecule has 0 unspecified atom stereocenters. The summed E-state index contributed by atoms with van der Waals surface area (Å²) in [6.07, 6.45) is 0. The summed E-state index contributed by atoms with van der Waals surface area (Å²) >= 11 is 5.92. The molecular weight excluding hydrogens is 862 g/mol. The Bertz CT molecular complexity index is 1120. The molecule has 2 aromatic carbocycles. The van der Waals surface area contributed by atoms with Crippen LogP contribution in [0.15, 0.2) is 0 Å². The van der Waals surface area contributed by atoms with Gasteiger partial charge in [-0.2, -0.15) is 0 Å². The van der Waals surface area contributed by atoms with E-state index in [1.807, 2.05) is 0 Å². The molecule has 0 fully saturated rings. The van der Waals surface area contributed by atoms with Crippen LogP contribution in [0.3, 0.4) is 0 Å². The number of hydrogen-bond acceptors (Lipinski definition) is 0. The summed E-state index contributed by atoms with van der Waals surface area (Å²) in [6, 6.07) is 0. The highest BCUT2D eigenvalue weighted by Gasteiger charge is 2.32. The molecule has 0 amide bonds. The Morgan fingerprint density at radius 2 is 0.567 bits per heavy atom. The van der Waals surface area contributed by atoms with E-state index in [9.17, 15) is 8.78 Å². The number of halogens is 10. The first-order valence-electron chi connectivity index (χ1n) is 7.14. The van der Waals surface area contributed by atoms with E-state index in [0.29, 0.717) is 0 Å². The van der Waals surface area contributed by atoms with Crippen LogP contribution in [0.2, 0.25) is 0 Å². The molecule has 2 aromatic rings. The average Bonchev–Trinajstić information content (AvgIpc) is 2.71. The minimum Gasteiger partial charge on any atom is -0.205 e.